The van der Waals surface area contributed by atoms with E-state index in [2.05, 4.69) is 17.2 Å². The highest BCUT2D eigenvalue weighted by molar-refractivity contribution is 7.98. The van der Waals surface area contributed by atoms with Gasteiger partial charge in [-0.15, -0.1) is 0 Å². The quantitative estimate of drug-likeness (QED) is 0.746. The van der Waals surface area contributed by atoms with Crippen LogP contribution >= 0.6 is 11.8 Å². The zero-order valence-corrected chi connectivity index (χ0v) is 12.5. The molecule has 0 aliphatic heterocycles. The Morgan fingerprint density at radius 3 is 2.53 bits per heavy atom. The van der Waals surface area contributed by atoms with E-state index in [0.717, 1.165) is 5.75 Å². The number of hydrogen-bond acceptors (Lipinski definition) is 3. The lowest BCUT2D eigenvalue weighted by Gasteiger charge is -2.11. The Morgan fingerprint density at radius 1 is 1.42 bits per heavy atom. The van der Waals surface area contributed by atoms with Crippen LogP contribution in [-0.4, -0.2) is 40.5 Å². The molecule has 1 heterocycles. The van der Waals surface area contributed by atoms with Gasteiger partial charge in [-0.1, -0.05) is 6.92 Å². The number of aryl methyl sites for hydroxylation is 1. The summed E-state index contributed by atoms with van der Waals surface area (Å²) >= 11 is 1.74. The van der Waals surface area contributed by atoms with Gasteiger partial charge in [0.15, 0.2) is 0 Å². The van der Waals surface area contributed by atoms with Crippen molar-refractivity contribution in [3.05, 3.63) is 22.5 Å². The monoisotopic (exact) mass is 284 g/mol. The van der Waals surface area contributed by atoms with Crippen LogP contribution in [0.25, 0.3) is 0 Å². The minimum Gasteiger partial charge on any atom is -0.477 e. The Morgan fingerprint density at radius 2 is 2.05 bits per heavy atom. The Balaban J connectivity index is 2.80. The van der Waals surface area contributed by atoms with E-state index in [1.807, 2.05) is 6.26 Å². The number of amides is 1. The van der Waals surface area contributed by atoms with Crippen molar-refractivity contribution in [2.24, 2.45) is 5.92 Å². The molecule has 0 aliphatic rings. The number of carboxylic acids is 1. The average molecular weight is 284 g/mol. The van der Waals surface area contributed by atoms with Gasteiger partial charge in [0.1, 0.15) is 5.69 Å². The SMILES string of the molecule is CSCC(C)CNC(=O)c1c(C)[nH]c(C(=O)O)c1C. The van der Waals surface area contributed by atoms with E-state index in [9.17, 15) is 9.59 Å². The average Bonchev–Trinajstić information content (AvgIpc) is 2.62. The highest BCUT2D eigenvalue weighted by atomic mass is 32.2. The highest BCUT2D eigenvalue weighted by Gasteiger charge is 2.21. The molecular weight excluding hydrogens is 264 g/mol. The first-order chi connectivity index (χ1) is 8.88. The lowest BCUT2D eigenvalue weighted by Crippen LogP contribution is -2.29. The molecule has 0 fully saturated rings. The Kier molecular flexibility index (Phi) is 5.47. The summed E-state index contributed by atoms with van der Waals surface area (Å²) in [6.07, 6.45) is 2.03. The van der Waals surface area contributed by atoms with Crippen molar-refractivity contribution in [1.29, 1.82) is 0 Å². The summed E-state index contributed by atoms with van der Waals surface area (Å²) in [5.74, 6) is 0.103. The second-order valence-electron chi connectivity index (χ2n) is 4.70. The fraction of sp³-hybridized carbons (Fsp3) is 0.538. The van der Waals surface area contributed by atoms with Crippen LogP contribution in [0.5, 0.6) is 0 Å². The van der Waals surface area contributed by atoms with Crippen molar-refractivity contribution in [2.75, 3.05) is 18.6 Å². The summed E-state index contributed by atoms with van der Waals surface area (Å²) in [7, 11) is 0. The summed E-state index contributed by atoms with van der Waals surface area (Å²) in [6.45, 7) is 6.01. The standard InChI is InChI=1S/C13H20N2O3S/c1-7(6-19-4)5-14-12(16)10-8(2)11(13(17)18)15-9(10)3/h7,15H,5-6H2,1-4H3,(H,14,16)(H,17,18). The number of aromatic nitrogens is 1. The van der Waals surface area contributed by atoms with E-state index in [-0.39, 0.29) is 11.6 Å². The predicted molar refractivity (Wildman–Crippen MR) is 77.1 cm³/mol. The van der Waals surface area contributed by atoms with Gasteiger partial charge in [0.25, 0.3) is 5.91 Å². The first-order valence-corrected chi connectivity index (χ1v) is 7.47. The van der Waals surface area contributed by atoms with E-state index in [1.165, 1.54) is 0 Å². The van der Waals surface area contributed by atoms with Gasteiger partial charge in [-0.25, -0.2) is 4.79 Å². The number of aromatic amines is 1. The number of carbonyl (C=O) groups is 2. The summed E-state index contributed by atoms with van der Waals surface area (Å²) < 4.78 is 0. The maximum Gasteiger partial charge on any atom is 0.352 e. The van der Waals surface area contributed by atoms with Crippen molar-refractivity contribution < 1.29 is 14.7 Å². The van der Waals surface area contributed by atoms with Gasteiger partial charge in [-0.2, -0.15) is 11.8 Å². The normalized spacial score (nSPS) is 12.2. The third-order valence-electron chi connectivity index (χ3n) is 2.94. The van der Waals surface area contributed by atoms with Crippen LogP contribution in [0.15, 0.2) is 0 Å². The van der Waals surface area contributed by atoms with Gasteiger partial charge < -0.3 is 15.4 Å². The molecule has 19 heavy (non-hydrogen) atoms. The zero-order valence-electron chi connectivity index (χ0n) is 11.7. The first kappa shape index (κ1) is 15.6. The van der Waals surface area contributed by atoms with Gasteiger partial charge in [0.05, 0.1) is 5.56 Å². The second kappa shape index (κ2) is 6.65. The number of carbonyl (C=O) groups excluding carboxylic acids is 1. The van der Waals surface area contributed by atoms with Crippen LogP contribution in [0, 0.1) is 19.8 Å². The fourth-order valence-electron chi connectivity index (χ4n) is 2.00. The van der Waals surface area contributed by atoms with Crippen molar-refractivity contribution in [2.45, 2.75) is 20.8 Å². The molecule has 0 aliphatic carbocycles. The van der Waals surface area contributed by atoms with Crippen LogP contribution in [0.4, 0.5) is 0 Å². The number of hydrogen-bond donors (Lipinski definition) is 3. The molecule has 1 unspecified atom stereocenters. The Bertz CT molecular complexity index is 482. The number of rotatable bonds is 6. The summed E-state index contributed by atoms with van der Waals surface area (Å²) in [5, 5.41) is 11.9. The molecule has 0 bridgehead atoms. The Hall–Kier alpha value is -1.43. The van der Waals surface area contributed by atoms with Crippen LogP contribution in [-0.2, 0) is 0 Å². The van der Waals surface area contributed by atoms with Crippen LogP contribution < -0.4 is 5.32 Å². The lowest BCUT2D eigenvalue weighted by atomic mass is 10.1. The number of carboxylic acid groups (broad SMARTS) is 1. The van der Waals surface area contributed by atoms with Gasteiger partial charge in [0.2, 0.25) is 0 Å². The molecule has 6 heteroatoms. The number of nitrogens with one attached hydrogen (secondary N) is 2. The molecule has 0 spiro atoms. The third kappa shape index (κ3) is 3.76. The molecule has 3 N–H and O–H groups in total. The van der Waals surface area contributed by atoms with Crippen molar-refractivity contribution in [3.8, 4) is 0 Å². The lowest BCUT2D eigenvalue weighted by molar-refractivity contribution is 0.0690. The minimum atomic E-state index is -1.05. The molecule has 106 valence electrons. The molecule has 0 aromatic carbocycles. The van der Waals surface area contributed by atoms with E-state index in [0.29, 0.717) is 29.3 Å². The topological polar surface area (TPSA) is 82.2 Å². The van der Waals surface area contributed by atoms with Gasteiger partial charge in [0, 0.05) is 12.2 Å². The first-order valence-electron chi connectivity index (χ1n) is 6.08. The molecule has 1 aromatic heterocycles. The molecule has 5 nitrogen and oxygen atoms in total. The van der Waals surface area contributed by atoms with E-state index < -0.39 is 5.97 Å². The summed E-state index contributed by atoms with van der Waals surface area (Å²) in [4.78, 5) is 25.8. The predicted octanol–water partition coefficient (Wildman–Crippen LogP) is 2.06. The summed E-state index contributed by atoms with van der Waals surface area (Å²) in [6, 6.07) is 0. The maximum atomic E-state index is 12.1. The smallest absolute Gasteiger partial charge is 0.352 e. The van der Waals surface area contributed by atoms with E-state index in [4.69, 9.17) is 5.11 Å². The summed E-state index contributed by atoms with van der Waals surface area (Å²) in [5.41, 5.74) is 1.60. The van der Waals surface area contributed by atoms with Crippen LogP contribution in [0.1, 0.15) is 39.0 Å². The fourth-order valence-corrected chi connectivity index (χ4v) is 2.69. The molecule has 1 atom stereocenters. The van der Waals surface area contributed by atoms with E-state index >= 15 is 0 Å². The minimum absolute atomic E-state index is 0.0832. The van der Waals surface area contributed by atoms with Crippen molar-refractivity contribution in [3.63, 3.8) is 0 Å². The van der Waals surface area contributed by atoms with Gasteiger partial charge in [-0.05, 0) is 37.3 Å². The molecule has 0 radical (unpaired) electrons. The zero-order chi connectivity index (χ0) is 14.6. The van der Waals surface area contributed by atoms with Crippen molar-refractivity contribution >= 4 is 23.6 Å². The van der Waals surface area contributed by atoms with Gasteiger partial charge in [-0.3, -0.25) is 4.79 Å². The molecular formula is C13H20N2O3S. The molecule has 0 saturated carbocycles. The Labute approximate surface area is 117 Å². The molecule has 1 rings (SSSR count). The maximum absolute atomic E-state index is 12.1. The van der Waals surface area contributed by atoms with Crippen LogP contribution in [0.3, 0.4) is 0 Å². The van der Waals surface area contributed by atoms with E-state index in [1.54, 1.807) is 25.6 Å². The van der Waals surface area contributed by atoms with Crippen molar-refractivity contribution in [1.82, 2.24) is 10.3 Å². The number of H-pyrrole nitrogens is 1. The highest BCUT2D eigenvalue weighted by Crippen LogP contribution is 2.18. The molecule has 1 aromatic rings. The second-order valence-corrected chi connectivity index (χ2v) is 5.61. The third-order valence-corrected chi connectivity index (χ3v) is 3.84. The van der Waals surface area contributed by atoms with Gasteiger partial charge >= 0.3 is 5.97 Å². The number of aromatic carboxylic acids is 1. The number of thioether (sulfide) groups is 1. The van der Waals surface area contributed by atoms with Crippen LogP contribution in [0.2, 0.25) is 0 Å². The largest absolute Gasteiger partial charge is 0.477 e. The molecule has 0 saturated heterocycles. The molecule has 1 amide bonds.